The van der Waals surface area contributed by atoms with Crippen molar-refractivity contribution < 1.29 is 41.0 Å². The van der Waals surface area contributed by atoms with Crippen LogP contribution >= 0.6 is 0 Å². The van der Waals surface area contributed by atoms with E-state index < -0.39 is 47.2 Å². The first-order chi connectivity index (χ1) is 15.8. The molecule has 1 fully saturated rings. The van der Waals surface area contributed by atoms with Gasteiger partial charge in [-0.15, -0.1) is 0 Å². The molecule has 0 heterocycles. The lowest BCUT2D eigenvalue weighted by molar-refractivity contribution is -0.143. The van der Waals surface area contributed by atoms with Crippen molar-refractivity contribution in [1.29, 1.82) is 0 Å². The Hall–Kier alpha value is -2.84. The van der Waals surface area contributed by atoms with E-state index >= 15 is 0 Å². The summed E-state index contributed by atoms with van der Waals surface area (Å²) in [5.74, 6) is -1.84. The first-order valence-electron chi connectivity index (χ1n) is 10.9. The van der Waals surface area contributed by atoms with Gasteiger partial charge < -0.3 is 5.11 Å². The van der Waals surface area contributed by atoms with Crippen LogP contribution in [0.4, 0.5) is 26.3 Å². The maximum absolute atomic E-state index is 13.3. The molecule has 0 bridgehead atoms. The molecule has 0 aromatic heterocycles. The van der Waals surface area contributed by atoms with Gasteiger partial charge in [0.05, 0.1) is 11.1 Å². The highest BCUT2D eigenvalue weighted by molar-refractivity contribution is 5.79. The average molecular weight is 486 g/mol. The summed E-state index contributed by atoms with van der Waals surface area (Å²) in [4.78, 5) is 23.5. The zero-order valence-corrected chi connectivity index (χ0v) is 18.2. The monoisotopic (exact) mass is 486 g/mol. The first kappa shape index (κ1) is 25.8. The summed E-state index contributed by atoms with van der Waals surface area (Å²) in [5, 5.41) is 9.44. The lowest BCUT2D eigenvalue weighted by atomic mass is 9.64. The molecule has 0 aliphatic heterocycles. The van der Waals surface area contributed by atoms with Crippen molar-refractivity contribution in [2.45, 2.75) is 62.7 Å². The molecule has 1 aliphatic rings. The van der Waals surface area contributed by atoms with E-state index in [2.05, 4.69) is 0 Å². The van der Waals surface area contributed by atoms with Crippen LogP contribution in [0.15, 0.2) is 48.5 Å². The van der Waals surface area contributed by atoms with Crippen LogP contribution < -0.4 is 0 Å². The fourth-order valence-electron chi connectivity index (χ4n) is 4.90. The maximum atomic E-state index is 13.3. The average Bonchev–Trinajstić information content (AvgIpc) is 2.74. The van der Waals surface area contributed by atoms with Gasteiger partial charge in [-0.3, -0.25) is 9.59 Å². The van der Waals surface area contributed by atoms with E-state index in [4.69, 9.17) is 0 Å². The Labute approximate surface area is 192 Å². The van der Waals surface area contributed by atoms with Gasteiger partial charge >= 0.3 is 18.3 Å². The minimum Gasteiger partial charge on any atom is -0.481 e. The van der Waals surface area contributed by atoms with Crippen molar-refractivity contribution in [2.24, 2.45) is 5.92 Å². The van der Waals surface area contributed by atoms with Gasteiger partial charge in [0, 0.05) is 19.3 Å². The van der Waals surface area contributed by atoms with Crippen LogP contribution in [0.5, 0.6) is 0 Å². The Balaban J connectivity index is 1.99. The van der Waals surface area contributed by atoms with Crippen molar-refractivity contribution in [2.75, 3.05) is 0 Å². The van der Waals surface area contributed by atoms with Gasteiger partial charge in [-0.1, -0.05) is 30.3 Å². The van der Waals surface area contributed by atoms with Crippen LogP contribution in [0.3, 0.4) is 0 Å². The number of carbonyl (C=O) groups excluding carboxylic acids is 1. The van der Waals surface area contributed by atoms with Crippen molar-refractivity contribution >= 4 is 11.8 Å². The normalized spacial score (nSPS) is 17.4. The molecule has 0 radical (unpaired) electrons. The van der Waals surface area contributed by atoms with Crippen LogP contribution in [0.25, 0.3) is 0 Å². The van der Waals surface area contributed by atoms with E-state index in [9.17, 15) is 41.0 Å². The third-order valence-electron chi connectivity index (χ3n) is 6.47. The topological polar surface area (TPSA) is 54.4 Å². The minimum atomic E-state index is -4.98. The lowest BCUT2D eigenvalue weighted by Crippen LogP contribution is -2.35. The Morgan fingerprint density at radius 3 is 1.91 bits per heavy atom. The summed E-state index contributed by atoms with van der Waals surface area (Å²) in [6.45, 7) is 0. The number of hydrogen-bond acceptors (Lipinski definition) is 2. The summed E-state index contributed by atoms with van der Waals surface area (Å²) in [7, 11) is 0. The minimum absolute atomic E-state index is 0.0634. The van der Waals surface area contributed by atoms with Gasteiger partial charge in [-0.2, -0.15) is 26.3 Å². The highest BCUT2D eigenvalue weighted by Crippen LogP contribution is 2.45. The van der Waals surface area contributed by atoms with Crippen LogP contribution in [0.2, 0.25) is 0 Å². The number of benzene rings is 2. The number of Topliss-reactive ketones (excluding diaryl/α,β-unsaturated/α-hetero) is 1. The fraction of sp³-hybridized carbons (Fsp3) is 0.440. The van der Waals surface area contributed by atoms with E-state index in [1.54, 1.807) is 6.07 Å². The summed E-state index contributed by atoms with van der Waals surface area (Å²) in [6, 6.07) is 10.5. The zero-order chi connectivity index (χ0) is 25.1. The lowest BCUT2D eigenvalue weighted by Gasteiger charge is -2.40. The number of hydrogen-bond donors (Lipinski definition) is 1. The molecule has 2 aromatic carbocycles. The van der Waals surface area contributed by atoms with E-state index in [1.807, 2.05) is 24.3 Å². The molecule has 1 aliphatic carbocycles. The molecule has 34 heavy (non-hydrogen) atoms. The van der Waals surface area contributed by atoms with Gasteiger partial charge in [-0.05, 0) is 66.3 Å². The number of aliphatic carboxylic acids is 1. The summed E-state index contributed by atoms with van der Waals surface area (Å²) >= 11 is 0. The second-order valence-electron chi connectivity index (χ2n) is 8.97. The molecule has 0 spiro atoms. The van der Waals surface area contributed by atoms with Gasteiger partial charge in [-0.25, -0.2) is 0 Å². The second kappa shape index (κ2) is 9.80. The second-order valence-corrected chi connectivity index (χ2v) is 8.97. The molecule has 1 atom stereocenters. The fourth-order valence-corrected chi connectivity index (χ4v) is 4.90. The highest BCUT2D eigenvalue weighted by Gasteiger charge is 2.40. The standard InChI is InChI=1S/C25H24F6O3/c26-24(27,28)19-11-16(12-20(14-19)25(29,30)31)10-17(13-22(33)34)15-23(8-6-21(32)7-9-23)18-4-2-1-3-5-18/h1-5,11-12,14,17H,6-10,13,15H2,(H,33,34). The SMILES string of the molecule is O=C(O)CC(Cc1cc(C(F)(F)F)cc(C(F)(F)F)c1)CC1(c2ccccc2)CCC(=O)CC1. The number of carbonyl (C=O) groups is 2. The Bertz CT molecular complexity index is 985. The molecule has 1 N–H and O–H groups in total. The molecule has 3 nitrogen and oxygen atoms in total. The molecule has 1 saturated carbocycles. The summed E-state index contributed by atoms with van der Waals surface area (Å²) in [5.41, 5.74) is -2.76. The number of ketones is 1. The van der Waals surface area contributed by atoms with Crippen LogP contribution in [0, 0.1) is 5.92 Å². The third-order valence-corrected chi connectivity index (χ3v) is 6.47. The molecule has 1 unspecified atom stereocenters. The quantitative estimate of drug-likeness (QED) is 0.437. The Morgan fingerprint density at radius 1 is 0.912 bits per heavy atom. The predicted octanol–water partition coefficient (Wildman–Crippen LogP) is 6.83. The number of halogens is 6. The van der Waals surface area contributed by atoms with E-state index in [0.29, 0.717) is 25.0 Å². The van der Waals surface area contributed by atoms with E-state index in [-0.39, 0.29) is 43.1 Å². The Morgan fingerprint density at radius 2 is 1.44 bits per heavy atom. The largest absolute Gasteiger partial charge is 0.481 e. The number of alkyl halides is 6. The highest BCUT2D eigenvalue weighted by atomic mass is 19.4. The summed E-state index contributed by atoms with van der Waals surface area (Å²) in [6.07, 6.45) is -8.94. The van der Waals surface area contributed by atoms with Crippen LogP contribution in [-0.2, 0) is 33.8 Å². The number of rotatable bonds is 7. The smallest absolute Gasteiger partial charge is 0.416 e. The van der Waals surface area contributed by atoms with Crippen LogP contribution in [-0.4, -0.2) is 16.9 Å². The van der Waals surface area contributed by atoms with Gasteiger partial charge in [0.15, 0.2) is 0 Å². The van der Waals surface area contributed by atoms with Crippen molar-refractivity contribution in [1.82, 2.24) is 0 Å². The zero-order valence-electron chi connectivity index (χ0n) is 18.2. The predicted molar refractivity (Wildman–Crippen MR) is 112 cm³/mol. The number of carboxylic acid groups (broad SMARTS) is 1. The third kappa shape index (κ3) is 6.39. The van der Waals surface area contributed by atoms with Gasteiger partial charge in [0.1, 0.15) is 5.78 Å². The Kier molecular flexibility index (Phi) is 7.43. The van der Waals surface area contributed by atoms with Crippen molar-refractivity contribution in [3.05, 3.63) is 70.8 Å². The summed E-state index contributed by atoms with van der Waals surface area (Å²) < 4.78 is 79.7. The van der Waals surface area contributed by atoms with Crippen molar-refractivity contribution in [3.8, 4) is 0 Å². The van der Waals surface area contributed by atoms with Crippen LogP contribution in [0.1, 0.15) is 60.8 Å². The molecule has 9 heteroatoms. The molecule has 0 amide bonds. The van der Waals surface area contributed by atoms with E-state index in [1.165, 1.54) is 0 Å². The maximum Gasteiger partial charge on any atom is 0.416 e. The molecule has 3 rings (SSSR count). The molecular weight excluding hydrogens is 462 g/mol. The van der Waals surface area contributed by atoms with Crippen molar-refractivity contribution in [3.63, 3.8) is 0 Å². The molecule has 0 saturated heterocycles. The molecular formula is C25H24F6O3. The first-order valence-corrected chi connectivity index (χ1v) is 10.9. The molecule has 2 aromatic rings. The number of carboxylic acids is 1. The van der Waals surface area contributed by atoms with Gasteiger partial charge in [0.2, 0.25) is 0 Å². The van der Waals surface area contributed by atoms with E-state index in [0.717, 1.165) is 5.56 Å². The van der Waals surface area contributed by atoms with Gasteiger partial charge in [0.25, 0.3) is 0 Å². The molecule has 184 valence electrons.